The van der Waals surface area contributed by atoms with Crippen LogP contribution >= 0.6 is 12.2 Å². The molecule has 0 amide bonds. The van der Waals surface area contributed by atoms with Crippen LogP contribution in [-0.4, -0.2) is 22.1 Å². The number of fused-ring (bicyclic) bond motifs is 1. The van der Waals surface area contributed by atoms with Crippen molar-refractivity contribution >= 4 is 33.9 Å². The molecule has 1 heterocycles. The Balaban J connectivity index is 1.81. The highest BCUT2D eigenvalue weighted by molar-refractivity contribution is 7.81. The number of methoxy groups -OCH3 is 1. The molecule has 2 N–H and O–H groups in total. The molecule has 0 atom stereocenters. The third-order valence-corrected chi connectivity index (χ3v) is 3.25. The average Bonchev–Trinajstić information content (AvgIpc) is 2.92. The molecule has 2 aromatic carbocycles. The lowest BCUT2D eigenvalue weighted by Gasteiger charge is -2.06. The maximum absolute atomic E-state index is 5.37. The molecule has 3 aromatic rings. The number of aromatic nitrogens is 2. The van der Waals surface area contributed by atoms with Gasteiger partial charge in [-0.3, -0.25) is 0 Å². The fourth-order valence-electron chi connectivity index (χ4n) is 1.92. The molecule has 0 aliphatic rings. The number of para-hydroxylation sites is 2. The molecule has 100 valence electrons. The van der Waals surface area contributed by atoms with E-state index in [0.29, 0.717) is 10.8 Å². The van der Waals surface area contributed by atoms with Crippen molar-refractivity contribution < 1.29 is 4.74 Å². The molecule has 0 spiro atoms. The molecule has 5 heteroatoms. The zero-order valence-corrected chi connectivity index (χ0v) is 11.7. The number of hydrogen-bond donors (Lipinski definition) is 2. The maximum Gasteiger partial charge on any atom is 0.166 e. The second-order valence-corrected chi connectivity index (χ2v) is 4.69. The minimum absolute atomic E-state index is 0.561. The quantitative estimate of drug-likeness (QED) is 0.724. The van der Waals surface area contributed by atoms with Crippen molar-refractivity contribution in [2.75, 3.05) is 12.4 Å². The Labute approximate surface area is 121 Å². The molecule has 4 nitrogen and oxygen atoms in total. The molecule has 1 aromatic heterocycles. The van der Waals surface area contributed by atoms with E-state index in [9.17, 15) is 0 Å². The lowest BCUT2D eigenvalue weighted by atomic mass is 10.3. The van der Waals surface area contributed by atoms with E-state index >= 15 is 0 Å². The zero-order valence-electron chi connectivity index (χ0n) is 10.9. The second kappa shape index (κ2) is 5.30. The Hall–Kier alpha value is -2.40. The first-order chi connectivity index (χ1) is 9.76. The smallest absolute Gasteiger partial charge is 0.166 e. The summed E-state index contributed by atoms with van der Waals surface area (Å²) in [6.07, 6.45) is 0. The van der Waals surface area contributed by atoms with Gasteiger partial charge in [0.1, 0.15) is 10.7 Å². The first kappa shape index (κ1) is 12.6. The fourth-order valence-corrected chi connectivity index (χ4v) is 2.14. The zero-order chi connectivity index (χ0) is 13.9. The van der Waals surface area contributed by atoms with Crippen LogP contribution in [0.5, 0.6) is 5.75 Å². The van der Waals surface area contributed by atoms with Crippen LogP contribution in [0.3, 0.4) is 0 Å². The van der Waals surface area contributed by atoms with Crippen LogP contribution in [0.15, 0.2) is 48.5 Å². The van der Waals surface area contributed by atoms with Crippen molar-refractivity contribution in [3.8, 4) is 5.75 Å². The normalized spacial score (nSPS) is 10.4. The molecule has 20 heavy (non-hydrogen) atoms. The average molecular weight is 283 g/mol. The van der Waals surface area contributed by atoms with Crippen molar-refractivity contribution in [3.05, 3.63) is 54.4 Å². The van der Waals surface area contributed by atoms with Crippen LogP contribution in [0.4, 0.5) is 5.69 Å². The molecule has 0 saturated heterocycles. The summed E-state index contributed by atoms with van der Waals surface area (Å²) in [6.45, 7) is 0. The first-order valence-electron chi connectivity index (χ1n) is 6.16. The van der Waals surface area contributed by atoms with Gasteiger partial charge < -0.3 is 15.0 Å². The number of rotatable bonds is 3. The predicted molar refractivity (Wildman–Crippen MR) is 84.4 cm³/mol. The highest BCUT2D eigenvalue weighted by Crippen LogP contribution is 2.17. The number of anilines is 1. The van der Waals surface area contributed by atoms with Crippen molar-refractivity contribution in [1.29, 1.82) is 0 Å². The number of nitrogens with one attached hydrogen (secondary N) is 2. The van der Waals surface area contributed by atoms with Gasteiger partial charge in [0, 0.05) is 5.69 Å². The van der Waals surface area contributed by atoms with Gasteiger partial charge in [0.2, 0.25) is 0 Å². The number of H-pyrrole nitrogens is 1. The van der Waals surface area contributed by atoms with E-state index in [2.05, 4.69) is 15.3 Å². The van der Waals surface area contributed by atoms with Gasteiger partial charge in [-0.05, 0) is 36.4 Å². The van der Waals surface area contributed by atoms with Crippen LogP contribution < -0.4 is 10.1 Å². The number of nitrogens with zero attached hydrogens (tertiary/aromatic N) is 1. The van der Waals surface area contributed by atoms with Crippen molar-refractivity contribution in [2.24, 2.45) is 0 Å². The van der Waals surface area contributed by atoms with Crippen LogP contribution in [0.1, 0.15) is 5.82 Å². The SMILES string of the molecule is COc1ccc(NC(=S)c2nc3ccccc3[nH]2)cc1. The van der Waals surface area contributed by atoms with Gasteiger partial charge in [0.25, 0.3) is 0 Å². The summed E-state index contributed by atoms with van der Waals surface area (Å²) < 4.78 is 5.12. The van der Waals surface area contributed by atoms with Crippen molar-refractivity contribution in [3.63, 3.8) is 0 Å². The van der Waals surface area contributed by atoms with Gasteiger partial charge in [-0.15, -0.1) is 0 Å². The molecule has 0 bridgehead atoms. The highest BCUT2D eigenvalue weighted by atomic mass is 32.1. The molecule has 0 fully saturated rings. The highest BCUT2D eigenvalue weighted by Gasteiger charge is 2.07. The molecule has 0 saturated carbocycles. The summed E-state index contributed by atoms with van der Waals surface area (Å²) in [6, 6.07) is 15.4. The minimum atomic E-state index is 0.561. The van der Waals surface area contributed by atoms with Crippen LogP contribution in [0.2, 0.25) is 0 Å². The Kier molecular flexibility index (Phi) is 3.35. The first-order valence-corrected chi connectivity index (χ1v) is 6.57. The third kappa shape index (κ3) is 2.48. The Bertz CT molecular complexity index is 716. The summed E-state index contributed by atoms with van der Waals surface area (Å²) in [4.78, 5) is 8.22. The lowest BCUT2D eigenvalue weighted by molar-refractivity contribution is 0.415. The molecular formula is C15H13N3OS. The Morgan fingerprint density at radius 3 is 2.60 bits per heavy atom. The van der Waals surface area contributed by atoms with Crippen LogP contribution in [-0.2, 0) is 0 Å². The second-order valence-electron chi connectivity index (χ2n) is 4.29. The topological polar surface area (TPSA) is 49.9 Å². The lowest BCUT2D eigenvalue weighted by Crippen LogP contribution is -2.12. The molecular weight excluding hydrogens is 270 g/mol. The Morgan fingerprint density at radius 2 is 1.90 bits per heavy atom. The summed E-state index contributed by atoms with van der Waals surface area (Å²) in [7, 11) is 1.64. The third-order valence-electron chi connectivity index (χ3n) is 2.95. The molecule has 0 radical (unpaired) electrons. The van der Waals surface area contributed by atoms with Crippen molar-refractivity contribution in [2.45, 2.75) is 0 Å². The van der Waals surface area contributed by atoms with Crippen LogP contribution in [0, 0.1) is 0 Å². The molecule has 0 aliphatic carbocycles. The van der Waals surface area contributed by atoms with Gasteiger partial charge in [-0.2, -0.15) is 0 Å². The maximum atomic E-state index is 5.37. The summed E-state index contributed by atoms with van der Waals surface area (Å²) in [5, 5.41) is 3.15. The van der Waals surface area contributed by atoms with E-state index in [0.717, 1.165) is 22.5 Å². The standard InChI is InChI=1S/C15H13N3OS/c1-19-11-8-6-10(7-9-11)16-15(20)14-17-12-4-2-3-5-13(12)18-14/h2-9H,1H3,(H,16,20)(H,17,18). The van der Waals surface area contributed by atoms with Crippen LogP contribution in [0.25, 0.3) is 11.0 Å². The molecule has 0 aliphatic heterocycles. The van der Waals surface area contributed by atoms with E-state index in [-0.39, 0.29) is 0 Å². The summed E-state index contributed by atoms with van der Waals surface area (Å²) in [5.74, 6) is 1.47. The summed E-state index contributed by atoms with van der Waals surface area (Å²) >= 11 is 5.37. The molecule has 3 rings (SSSR count). The van der Waals surface area contributed by atoms with E-state index < -0.39 is 0 Å². The number of benzene rings is 2. The number of thiocarbonyl (C=S) groups is 1. The van der Waals surface area contributed by atoms with Gasteiger partial charge in [0.05, 0.1) is 18.1 Å². The minimum Gasteiger partial charge on any atom is -0.497 e. The van der Waals surface area contributed by atoms with E-state index in [4.69, 9.17) is 17.0 Å². The van der Waals surface area contributed by atoms with Gasteiger partial charge >= 0.3 is 0 Å². The number of aromatic amines is 1. The van der Waals surface area contributed by atoms with E-state index in [1.807, 2.05) is 48.5 Å². The van der Waals surface area contributed by atoms with Crippen molar-refractivity contribution in [1.82, 2.24) is 9.97 Å². The fraction of sp³-hybridized carbons (Fsp3) is 0.0667. The van der Waals surface area contributed by atoms with Gasteiger partial charge in [0.15, 0.2) is 5.82 Å². The number of hydrogen-bond acceptors (Lipinski definition) is 3. The van der Waals surface area contributed by atoms with E-state index in [1.54, 1.807) is 7.11 Å². The monoisotopic (exact) mass is 283 g/mol. The van der Waals surface area contributed by atoms with Gasteiger partial charge in [-0.25, -0.2) is 4.98 Å². The number of ether oxygens (including phenoxy) is 1. The summed E-state index contributed by atoms with van der Waals surface area (Å²) in [5.41, 5.74) is 2.78. The van der Waals surface area contributed by atoms with Gasteiger partial charge in [-0.1, -0.05) is 24.4 Å². The Morgan fingerprint density at radius 1 is 1.15 bits per heavy atom. The van der Waals surface area contributed by atoms with E-state index in [1.165, 1.54) is 0 Å². The molecule has 0 unspecified atom stereocenters. The number of imidazole rings is 1. The largest absolute Gasteiger partial charge is 0.497 e. The predicted octanol–water partition coefficient (Wildman–Crippen LogP) is 3.36.